The Morgan fingerprint density at radius 1 is 0.897 bits per heavy atom. The number of ether oxygens (including phenoxy) is 1. The van der Waals surface area contributed by atoms with Crippen LogP contribution in [0.4, 0.5) is 13.2 Å². The van der Waals surface area contributed by atoms with Crippen molar-refractivity contribution in [3.63, 3.8) is 0 Å². The lowest BCUT2D eigenvalue weighted by molar-refractivity contribution is -0.138. The summed E-state index contributed by atoms with van der Waals surface area (Å²) in [6.07, 6.45) is -0.413. The van der Waals surface area contributed by atoms with Crippen molar-refractivity contribution in [3.05, 3.63) is 77.5 Å². The number of aliphatic carboxylic acids is 1. The van der Waals surface area contributed by atoms with Gasteiger partial charge in [0.15, 0.2) is 0 Å². The fraction of sp³-hybridized carbons (Fsp3) is 0.267. The molecule has 3 N–H and O–H groups in total. The number of nitrogens with one attached hydrogen (secondary N) is 1. The van der Waals surface area contributed by atoms with Crippen LogP contribution < -0.4 is 4.74 Å². The quantitative estimate of drug-likeness (QED) is 0.215. The summed E-state index contributed by atoms with van der Waals surface area (Å²) in [4.78, 5) is 26.4. The van der Waals surface area contributed by atoms with Crippen molar-refractivity contribution in [3.8, 4) is 28.0 Å². The molecule has 1 aliphatic carbocycles. The van der Waals surface area contributed by atoms with Gasteiger partial charge in [-0.1, -0.05) is 30.3 Å². The van der Waals surface area contributed by atoms with Crippen molar-refractivity contribution in [2.75, 3.05) is 0 Å². The first-order valence-corrected chi connectivity index (χ1v) is 12.7. The molecule has 0 bridgehead atoms. The molecule has 9 heteroatoms. The minimum atomic E-state index is -4.48. The highest BCUT2D eigenvalue weighted by molar-refractivity contribution is 6.09. The van der Waals surface area contributed by atoms with E-state index in [2.05, 4.69) is 4.98 Å². The first-order valence-electron chi connectivity index (χ1n) is 12.7. The number of H-pyrrole nitrogens is 1. The Balaban J connectivity index is 1.69. The summed E-state index contributed by atoms with van der Waals surface area (Å²) in [6, 6.07) is 15.5. The van der Waals surface area contributed by atoms with Gasteiger partial charge < -0.3 is 19.9 Å². The highest BCUT2D eigenvalue weighted by Crippen LogP contribution is 2.42. The Kier molecular flexibility index (Phi) is 7.08. The lowest BCUT2D eigenvalue weighted by Crippen LogP contribution is -2.10. The van der Waals surface area contributed by atoms with E-state index < -0.39 is 23.7 Å². The fourth-order valence-electron chi connectivity index (χ4n) is 5.30. The van der Waals surface area contributed by atoms with Crippen molar-refractivity contribution in [1.82, 2.24) is 4.98 Å². The maximum Gasteiger partial charge on any atom is 0.416 e. The molecule has 1 aromatic heterocycles. The summed E-state index contributed by atoms with van der Waals surface area (Å²) < 4.78 is 45.7. The number of aromatic nitrogens is 1. The molecule has 1 aliphatic rings. The third-order valence-corrected chi connectivity index (χ3v) is 7.14. The van der Waals surface area contributed by atoms with Crippen LogP contribution >= 0.6 is 0 Å². The molecule has 3 aromatic carbocycles. The number of hydrogen-bond donors (Lipinski definition) is 3. The topological polar surface area (TPSA) is 99.6 Å². The van der Waals surface area contributed by atoms with Crippen LogP contribution in [0.25, 0.3) is 33.2 Å². The molecule has 0 aliphatic heterocycles. The van der Waals surface area contributed by atoms with Crippen LogP contribution in [0.3, 0.4) is 0 Å². The maximum absolute atomic E-state index is 13.2. The van der Waals surface area contributed by atoms with Crippen molar-refractivity contribution >= 4 is 22.8 Å². The summed E-state index contributed by atoms with van der Waals surface area (Å²) in [6.45, 7) is 0. The summed E-state index contributed by atoms with van der Waals surface area (Å²) >= 11 is 0. The van der Waals surface area contributed by atoms with Crippen molar-refractivity contribution in [2.45, 2.75) is 50.8 Å². The third-order valence-electron chi connectivity index (χ3n) is 7.14. The number of aromatic amines is 1. The number of aryl methyl sites for hydroxylation is 1. The average Bonchev–Trinajstić information content (AvgIpc) is 3.55. The Labute approximate surface area is 222 Å². The zero-order valence-electron chi connectivity index (χ0n) is 20.8. The second-order valence-corrected chi connectivity index (χ2v) is 9.71. The van der Waals surface area contributed by atoms with E-state index in [1.807, 2.05) is 24.3 Å². The van der Waals surface area contributed by atoms with Crippen molar-refractivity contribution in [2.24, 2.45) is 0 Å². The van der Waals surface area contributed by atoms with Gasteiger partial charge in [-0.3, -0.25) is 4.79 Å². The molecule has 1 fully saturated rings. The third kappa shape index (κ3) is 5.48. The fourth-order valence-corrected chi connectivity index (χ4v) is 5.30. The first kappa shape index (κ1) is 26.3. The van der Waals surface area contributed by atoms with E-state index in [9.17, 15) is 33.0 Å². The van der Waals surface area contributed by atoms with Gasteiger partial charge in [-0.2, -0.15) is 13.2 Å². The zero-order valence-corrected chi connectivity index (χ0v) is 20.8. The Morgan fingerprint density at radius 3 is 2.13 bits per heavy atom. The molecule has 0 saturated heterocycles. The number of carboxylic acids is 2. The van der Waals surface area contributed by atoms with Gasteiger partial charge in [-0.25, -0.2) is 4.79 Å². The van der Waals surface area contributed by atoms with Gasteiger partial charge in [-0.15, -0.1) is 0 Å². The van der Waals surface area contributed by atoms with Crippen LogP contribution in [-0.2, 0) is 17.4 Å². The first-order chi connectivity index (χ1) is 18.6. The number of rotatable bonds is 8. The number of carbonyl (C=O) groups is 2. The van der Waals surface area contributed by atoms with Crippen LogP contribution in [0.5, 0.6) is 5.75 Å². The largest absolute Gasteiger partial charge is 0.490 e. The molecular weight excluding hydrogens is 511 g/mol. The molecule has 6 nitrogen and oxygen atoms in total. The molecular formula is C30H26F3NO5. The minimum Gasteiger partial charge on any atom is -0.490 e. The van der Waals surface area contributed by atoms with E-state index in [-0.39, 0.29) is 24.6 Å². The maximum atomic E-state index is 13.2. The Bertz CT molecular complexity index is 1520. The SMILES string of the molecule is O=C(O)CCc1c(C(=O)O)[nH]c2ccc(-c3ccc(C(F)(F)F)cc3)c(-c3ccc(OC4CCCC4)cc3)c12. The minimum absolute atomic E-state index is 0.0384. The monoisotopic (exact) mass is 537 g/mol. The average molecular weight is 538 g/mol. The predicted octanol–water partition coefficient (Wildman–Crippen LogP) is 7.56. The molecule has 0 unspecified atom stereocenters. The van der Waals surface area contributed by atoms with Gasteiger partial charge in [0.1, 0.15) is 11.4 Å². The second kappa shape index (κ2) is 10.5. The van der Waals surface area contributed by atoms with Crippen LogP contribution in [-0.4, -0.2) is 33.2 Å². The van der Waals surface area contributed by atoms with Crippen LogP contribution in [0, 0.1) is 0 Å². The lowest BCUT2D eigenvalue weighted by atomic mass is 9.89. The van der Waals surface area contributed by atoms with Gasteiger partial charge in [0.25, 0.3) is 0 Å². The number of aromatic carboxylic acids is 1. The van der Waals surface area contributed by atoms with E-state index in [4.69, 9.17) is 4.74 Å². The summed E-state index contributed by atoms with van der Waals surface area (Å²) in [5.74, 6) is -1.61. The molecule has 1 saturated carbocycles. The molecule has 1 heterocycles. The van der Waals surface area contributed by atoms with E-state index in [1.165, 1.54) is 12.1 Å². The lowest BCUT2D eigenvalue weighted by Gasteiger charge is -2.16. The van der Waals surface area contributed by atoms with Crippen molar-refractivity contribution in [1.29, 1.82) is 0 Å². The van der Waals surface area contributed by atoms with Gasteiger partial charge in [0.05, 0.1) is 11.7 Å². The summed E-state index contributed by atoms with van der Waals surface area (Å²) in [7, 11) is 0. The van der Waals surface area contributed by atoms with Gasteiger partial charge in [0.2, 0.25) is 0 Å². The molecule has 0 spiro atoms. The number of carboxylic acid groups (broad SMARTS) is 2. The molecule has 4 aromatic rings. The summed E-state index contributed by atoms with van der Waals surface area (Å²) in [5.41, 5.74) is 2.32. The molecule has 0 amide bonds. The Morgan fingerprint density at radius 2 is 1.54 bits per heavy atom. The highest BCUT2D eigenvalue weighted by atomic mass is 19.4. The zero-order chi connectivity index (χ0) is 27.7. The van der Waals surface area contributed by atoms with Crippen LogP contribution in [0.1, 0.15) is 53.7 Å². The summed E-state index contributed by atoms with van der Waals surface area (Å²) in [5, 5.41) is 19.7. The van der Waals surface area contributed by atoms with Crippen LogP contribution in [0.15, 0.2) is 60.7 Å². The molecule has 0 atom stereocenters. The standard InChI is InChI=1S/C30H26F3NO5/c31-30(32,33)19-9-5-17(6-10-19)22-13-15-24-27(23(14-16-25(35)36)28(34-24)29(37)38)26(22)18-7-11-21(12-8-18)39-20-3-1-2-4-20/h5-13,15,20,34H,1-4,14,16H2,(H,35,36)(H,37,38). The van der Waals surface area contributed by atoms with E-state index in [0.29, 0.717) is 44.5 Å². The molecule has 39 heavy (non-hydrogen) atoms. The number of hydrogen-bond acceptors (Lipinski definition) is 3. The smallest absolute Gasteiger partial charge is 0.416 e. The number of alkyl halides is 3. The van der Waals surface area contributed by atoms with E-state index in [1.54, 1.807) is 12.1 Å². The second-order valence-electron chi connectivity index (χ2n) is 9.71. The van der Waals surface area contributed by atoms with E-state index >= 15 is 0 Å². The molecule has 0 radical (unpaired) electrons. The highest BCUT2D eigenvalue weighted by Gasteiger charge is 2.30. The number of halogens is 3. The number of benzene rings is 3. The van der Waals surface area contributed by atoms with Gasteiger partial charge in [-0.05, 0) is 90.3 Å². The van der Waals surface area contributed by atoms with Gasteiger partial charge >= 0.3 is 18.1 Å². The molecule has 202 valence electrons. The van der Waals surface area contributed by atoms with E-state index in [0.717, 1.165) is 37.8 Å². The number of fused-ring (bicyclic) bond motifs is 1. The van der Waals surface area contributed by atoms with Crippen molar-refractivity contribution < 1.29 is 37.7 Å². The van der Waals surface area contributed by atoms with Gasteiger partial charge in [0, 0.05) is 17.3 Å². The normalized spacial score (nSPS) is 14.1. The predicted molar refractivity (Wildman–Crippen MR) is 140 cm³/mol. The van der Waals surface area contributed by atoms with Crippen LogP contribution in [0.2, 0.25) is 0 Å². The Hall–Kier alpha value is -4.27. The molecule has 5 rings (SSSR count).